The molecule has 0 bridgehead atoms. The fraction of sp³-hybridized carbons (Fsp3) is 0.667. The molecule has 92 valence electrons. The maximum absolute atomic E-state index is 5.34. The van der Waals surface area contributed by atoms with Crippen LogP contribution >= 0.6 is 0 Å². The second-order valence-electron chi connectivity index (χ2n) is 3.54. The van der Waals surface area contributed by atoms with E-state index in [1.807, 2.05) is 12.1 Å². The lowest BCUT2D eigenvalue weighted by atomic mass is 10.3. The molecule has 1 N–H and O–H groups in total. The highest BCUT2D eigenvalue weighted by molar-refractivity contribution is 4.98. The van der Waals surface area contributed by atoms with E-state index >= 15 is 0 Å². The normalized spacial score (nSPS) is 10.8. The monoisotopic (exact) mass is 227 g/mol. The molecule has 1 aromatic heterocycles. The molecule has 0 spiro atoms. The van der Waals surface area contributed by atoms with Gasteiger partial charge in [-0.2, -0.15) is 0 Å². The smallest absolute Gasteiger partial charge is 0.105 e. The minimum Gasteiger partial charge on any atom is -0.469 e. The van der Waals surface area contributed by atoms with E-state index in [0.29, 0.717) is 13.2 Å². The van der Waals surface area contributed by atoms with Crippen molar-refractivity contribution in [2.24, 2.45) is 0 Å². The summed E-state index contributed by atoms with van der Waals surface area (Å²) in [5.41, 5.74) is 0. The van der Waals surface area contributed by atoms with E-state index in [0.717, 1.165) is 38.3 Å². The van der Waals surface area contributed by atoms with Crippen LogP contribution in [0, 0.1) is 0 Å². The molecule has 0 saturated carbocycles. The van der Waals surface area contributed by atoms with E-state index in [9.17, 15) is 0 Å². The molecule has 0 radical (unpaired) electrons. The average molecular weight is 227 g/mol. The lowest BCUT2D eigenvalue weighted by molar-refractivity contribution is 0.0695. The highest BCUT2D eigenvalue weighted by Gasteiger charge is 1.94. The lowest BCUT2D eigenvalue weighted by Gasteiger charge is -2.04. The molecule has 0 aliphatic carbocycles. The van der Waals surface area contributed by atoms with Crippen LogP contribution in [0.4, 0.5) is 0 Å². The van der Waals surface area contributed by atoms with Gasteiger partial charge in [0, 0.05) is 26.7 Å². The summed E-state index contributed by atoms with van der Waals surface area (Å²) in [5, 5.41) is 3.34. The number of hydrogen-bond acceptors (Lipinski definition) is 4. The minimum absolute atomic E-state index is 0.673. The molecule has 0 fully saturated rings. The summed E-state index contributed by atoms with van der Waals surface area (Å²) in [6, 6.07) is 3.91. The first-order valence-corrected chi connectivity index (χ1v) is 5.73. The van der Waals surface area contributed by atoms with E-state index in [1.54, 1.807) is 13.4 Å². The van der Waals surface area contributed by atoms with Gasteiger partial charge in [-0.1, -0.05) is 0 Å². The van der Waals surface area contributed by atoms with Crippen molar-refractivity contribution >= 4 is 0 Å². The summed E-state index contributed by atoms with van der Waals surface area (Å²) < 4.78 is 15.4. The van der Waals surface area contributed by atoms with E-state index in [2.05, 4.69) is 5.32 Å². The Labute approximate surface area is 96.9 Å². The fourth-order valence-corrected chi connectivity index (χ4v) is 1.33. The van der Waals surface area contributed by atoms with Gasteiger partial charge in [0.1, 0.15) is 5.76 Å². The van der Waals surface area contributed by atoms with Crippen molar-refractivity contribution in [2.75, 3.05) is 40.0 Å². The zero-order valence-corrected chi connectivity index (χ0v) is 9.91. The van der Waals surface area contributed by atoms with Crippen LogP contribution in [0.15, 0.2) is 22.8 Å². The Kier molecular flexibility index (Phi) is 7.76. The predicted octanol–water partition coefficient (Wildman–Crippen LogP) is 1.46. The number of ether oxygens (including phenoxy) is 2. The largest absolute Gasteiger partial charge is 0.469 e. The Balaban J connectivity index is 1.78. The first-order valence-electron chi connectivity index (χ1n) is 5.73. The summed E-state index contributed by atoms with van der Waals surface area (Å²) >= 11 is 0. The molecule has 0 aliphatic rings. The second kappa shape index (κ2) is 9.39. The van der Waals surface area contributed by atoms with Gasteiger partial charge in [-0.05, 0) is 25.1 Å². The van der Waals surface area contributed by atoms with Crippen LogP contribution in [0.25, 0.3) is 0 Å². The molecule has 16 heavy (non-hydrogen) atoms. The van der Waals surface area contributed by atoms with Crippen molar-refractivity contribution in [3.8, 4) is 0 Å². The first kappa shape index (κ1) is 13.2. The van der Waals surface area contributed by atoms with E-state index in [4.69, 9.17) is 13.9 Å². The van der Waals surface area contributed by atoms with Crippen LogP contribution in [0.2, 0.25) is 0 Å². The van der Waals surface area contributed by atoms with Gasteiger partial charge in [0.2, 0.25) is 0 Å². The molecule has 0 unspecified atom stereocenters. The van der Waals surface area contributed by atoms with Crippen LogP contribution in [0.3, 0.4) is 0 Å². The van der Waals surface area contributed by atoms with Gasteiger partial charge in [-0.25, -0.2) is 0 Å². The molecule has 1 aromatic rings. The van der Waals surface area contributed by atoms with E-state index in [1.165, 1.54) is 0 Å². The maximum Gasteiger partial charge on any atom is 0.105 e. The van der Waals surface area contributed by atoms with Gasteiger partial charge in [-0.15, -0.1) is 0 Å². The number of rotatable bonds is 10. The molecule has 0 amide bonds. The maximum atomic E-state index is 5.34. The number of hydrogen-bond donors (Lipinski definition) is 1. The molecule has 1 rings (SSSR count). The van der Waals surface area contributed by atoms with Gasteiger partial charge < -0.3 is 19.2 Å². The van der Waals surface area contributed by atoms with Crippen LogP contribution in [-0.4, -0.2) is 40.0 Å². The van der Waals surface area contributed by atoms with Gasteiger partial charge in [0.25, 0.3) is 0 Å². The van der Waals surface area contributed by atoms with Crippen molar-refractivity contribution in [1.29, 1.82) is 0 Å². The minimum atomic E-state index is 0.673. The molecule has 4 nitrogen and oxygen atoms in total. The predicted molar refractivity (Wildman–Crippen MR) is 62.6 cm³/mol. The molecular weight excluding hydrogens is 206 g/mol. The third-order valence-corrected chi connectivity index (χ3v) is 2.20. The number of furan rings is 1. The second-order valence-corrected chi connectivity index (χ2v) is 3.54. The van der Waals surface area contributed by atoms with Crippen LogP contribution < -0.4 is 5.32 Å². The lowest BCUT2D eigenvalue weighted by Crippen LogP contribution is -2.19. The quantitative estimate of drug-likeness (QED) is 0.615. The zero-order chi connectivity index (χ0) is 11.5. The summed E-state index contributed by atoms with van der Waals surface area (Å²) in [5.74, 6) is 1.03. The van der Waals surface area contributed by atoms with Gasteiger partial charge in [-0.3, -0.25) is 0 Å². The highest BCUT2D eigenvalue weighted by Crippen LogP contribution is 1.99. The Morgan fingerprint density at radius 1 is 1.25 bits per heavy atom. The van der Waals surface area contributed by atoms with Crippen LogP contribution in [0.1, 0.15) is 12.2 Å². The third-order valence-electron chi connectivity index (χ3n) is 2.20. The summed E-state index contributed by atoms with van der Waals surface area (Å²) in [7, 11) is 1.68. The summed E-state index contributed by atoms with van der Waals surface area (Å²) in [6.07, 6.45) is 3.68. The molecule has 4 heteroatoms. The highest BCUT2D eigenvalue weighted by atomic mass is 16.5. The zero-order valence-electron chi connectivity index (χ0n) is 9.91. The van der Waals surface area contributed by atoms with Crippen molar-refractivity contribution in [3.63, 3.8) is 0 Å². The van der Waals surface area contributed by atoms with Crippen molar-refractivity contribution in [1.82, 2.24) is 5.32 Å². The Bertz CT molecular complexity index is 236. The van der Waals surface area contributed by atoms with Crippen molar-refractivity contribution < 1.29 is 13.9 Å². The Hall–Kier alpha value is -0.840. The Morgan fingerprint density at radius 3 is 2.94 bits per heavy atom. The van der Waals surface area contributed by atoms with Gasteiger partial charge in [0.05, 0.1) is 19.5 Å². The van der Waals surface area contributed by atoms with E-state index < -0.39 is 0 Å². The topological polar surface area (TPSA) is 43.6 Å². The van der Waals surface area contributed by atoms with Crippen molar-refractivity contribution in [3.05, 3.63) is 24.2 Å². The molecule has 1 heterocycles. The number of methoxy groups -OCH3 is 1. The molecule has 0 atom stereocenters. The molecule has 0 aromatic carbocycles. The van der Waals surface area contributed by atoms with Crippen LogP contribution in [0.5, 0.6) is 0 Å². The molecular formula is C12H21NO3. The third kappa shape index (κ3) is 6.61. The SMILES string of the molecule is COCCOCCCNCCc1ccco1. The van der Waals surface area contributed by atoms with Crippen molar-refractivity contribution in [2.45, 2.75) is 12.8 Å². The summed E-state index contributed by atoms with van der Waals surface area (Å²) in [4.78, 5) is 0. The summed E-state index contributed by atoms with van der Waals surface area (Å²) in [6.45, 7) is 4.07. The average Bonchev–Trinajstić information content (AvgIpc) is 2.80. The molecule has 0 saturated heterocycles. The van der Waals surface area contributed by atoms with Gasteiger partial charge in [0.15, 0.2) is 0 Å². The van der Waals surface area contributed by atoms with E-state index in [-0.39, 0.29) is 0 Å². The first-order chi connectivity index (χ1) is 7.93. The van der Waals surface area contributed by atoms with Crippen LogP contribution in [-0.2, 0) is 15.9 Å². The number of nitrogens with one attached hydrogen (secondary N) is 1. The standard InChI is InChI=1S/C12H21NO3/c1-14-10-11-15-8-3-6-13-7-5-12-4-2-9-16-12/h2,4,9,13H,3,5-8,10-11H2,1H3. The Morgan fingerprint density at radius 2 is 2.19 bits per heavy atom. The molecule has 0 aliphatic heterocycles. The fourth-order valence-electron chi connectivity index (χ4n) is 1.33. The van der Waals surface area contributed by atoms with Gasteiger partial charge >= 0.3 is 0 Å².